The number of benzene rings is 2. The smallest absolute Gasteiger partial charge is 0.120 e. The maximum absolute atomic E-state index is 10.4. The standard InChI is InChI=1S/C13H11BrO/c14-13-8-7-10-4-1-2-5-11(10)12(13)6-3-9-15/h1-2,4-5,7-9H,3,6H2. The highest BCUT2D eigenvalue weighted by Gasteiger charge is 2.04. The topological polar surface area (TPSA) is 17.1 Å². The average molecular weight is 263 g/mol. The molecule has 2 aromatic carbocycles. The van der Waals surface area contributed by atoms with Crippen molar-refractivity contribution in [2.75, 3.05) is 0 Å². The molecular weight excluding hydrogens is 252 g/mol. The Morgan fingerprint density at radius 2 is 1.93 bits per heavy atom. The van der Waals surface area contributed by atoms with Crippen LogP contribution < -0.4 is 0 Å². The Morgan fingerprint density at radius 3 is 2.73 bits per heavy atom. The van der Waals surface area contributed by atoms with Crippen LogP contribution in [0.2, 0.25) is 0 Å². The average Bonchev–Trinajstić information content (AvgIpc) is 2.28. The minimum absolute atomic E-state index is 0.576. The van der Waals surface area contributed by atoms with Crippen LogP contribution in [0.4, 0.5) is 0 Å². The molecular formula is C13H11BrO. The van der Waals surface area contributed by atoms with Gasteiger partial charge in [0.1, 0.15) is 6.29 Å². The van der Waals surface area contributed by atoms with E-state index in [2.05, 4.69) is 34.1 Å². The lowest BCUT2D eigenvalue weighted by molar-refractivity contribution is -0.107. The van der Waals surface area contributed by atoms with E-state index in [4.69, 9.17) is 0 Å². The van der Waals surface area contributed by atoms with Gasteiger partial charge in [-0.15, -0.1) is 0 Å². The van der Waals surface area contributed by atoms with Crippen molar-refractivity contribution in [1.29, 1.82) is 0 Å². The Hall–Kier alpha value is -1.15. The molecule has 0 bridgehead atoms. The maximum atomic E-state index is 10.4. The molecule has 0 saturated carbocycles. The minimum atomic E-state index is 0.576. The van der Waals surface area contributed by atoms with Gasteiger partial charge in [0, 0.05) is 10.9 Å². The molecule has 2 rings (SSSR count). The van der Waals surface area contributed by atoms with E-state index in [-0.39, 0.29) is 0 Å². The van der Waals surface area contributed by atoms with Gasteiger partial charge in [0.2, 0.25) is 0 Å². The fraction of sp³-hybridized carbons (Fsp3) is 0.154. The van der Waals surface area contributed by atoms with E-state index in [1.165, 1.54) is 16.3 Å². The Bertz CT molecular complexity index is 491. The van der Waals surface area contributed by atoms with Crippen LogP contribution in [-0.4, -0.2) is 6.29 Å². The molecule has 0 amide bonds. The van der Waals surface area contributed by atoms with Crippen LogP contribution in [0.1, 0.15) is 12.0 Å². The first-order chi connectivity index (χ1) is 7.33. The van der Waals surface area contributed by atoms with E-state index in [0.29, 0.717) is 6.42 Å². The highest BCUT2D eigenvalue weighted by molar-refractivity contribution is 9.10. The molecule has 0 radical (unpaired) electrons. The fourth-order valence-corrected chi connectivity index (χ4v) is 2.31. The van der Waals surface area contributed by atoms with Crippen LogP contribution in [0.25, 0.3) is 10.8 Å². The second kappa shape index (κ2) is 4.58. The quantitative estimate of drug-likeness (QED) is 0.771. The molecule has 0 aromatic heterocycles. The lowest BCUT2D eigenvalue weighted by Gasteiger charge is -2.07. The second-order valence-electron chi connectivity index (χ2n) is 3.45. The normalized spacial score (nSPS) is 10.5. The molecule has 2 aromatic rings. The van der Waals surface area contributed by atoms with Crippen LogP contribution in [-0.2, 0) is 11.2 Å². The van der Waals surface area contributed by atoms with Gasteiger partial charge in [0.15, 0.2) is 0 Å². The van der Waals surface area contributed by atoms with Crippen LogP contribution in [0.3, 0.4) is 0 Å². The summed E-state index contributed by atoms with van der Waals surface area (Å²) in [6.45, 7) is 0. The maximum Gasteiger partial charge on any atom is 0.120 e. The van der Waals surface area contributed by atoms with Crippen molar-refractivity contribution in [3.63, 3.8) is 0 Å². The van der Waals surface area contributed by atoms with Crippen LogP contribution >= 0.6 is 15.9 Å². The Kier molecular flexibility index (Phi) is 3.17. The first-order valence-electron chi connectivity index (χ1n) is 4.92. The van der Waals surface area contributed by atoms with Crippen molar-refractivity contribution >= 4 is 33.0 Å². The van der Waals surface area contributed by atoms with E-state index in [9.17, 15) is 4.79 Å². The van der Waals surface area contributed by atoms with Crippen molar-refractivity contribution < 1.29 is 4.79 Å². The van der Waals surface area contributed by atoms with Gasteiger partial charge in [0.05, 0.1) is 0 Å². The number of halogens is 1. The summed E-state index contributed by atoms with van der Waals surface area (Å²) >= 11 is 3.53. The summed E-state index contributed by atoms with van der Waals surface area (Å²) in [5.74, 6) is 0. The fourth-order valence-electron chi connectivity index (χ4n) is 1.77. The van der Waals surface area contributed by atoms with Gasteiger partial charge < -0.3 is 4.79 Å². The van der Waals surface area contributed by atoms with E-state index >= 15 is 0 Å². The minimum Gasteiger partial charge on any atom is -0.303 e. The predicted molar refractivity (Wildman–Crippen MR) is 66.0 cm³/mol. The van der Waals surface area contributed by atoms with E-state index in [0.717, 1.165) is 17.2 Å². The molecule has 0 unspecified atom stereocenters. The first-order valence-corrected chi connectivity index (χ1v) is 5.72. The zero-order valence-electron chi connectivity index (χ0n) is 8.24. The number of fused-ring (bicyclic) bond motifs is 1. The van der Waals surface area contributed by atoms with Crippen molar-refractivity contribution in [1.82, 2.24) is 0 Å². The zero-order chi connectivity index (χ0) is 10.7. The number of hydrogen-bond donors (Lipinski definition) is 0. The van der Waals surface area contributed by atoms with Crippen molar-refractivity contribution in [3.05, 3.63) is 46.4 Å². The lowest BCUT2D eigenvalue weighted by Crippen LogP contribution is -1.90. The summed E-state index contributed by atoms with van der Waals surface area (Å²) in [6.07, 6.45) is 2.34. The van der Waals surface area contributed by atoms with Crippen LogP contribution in [0.5, 0.6) is 0 Å². The van der Waals surface area contributed by atoms with Gasteiger partial charge in [-0.1, -0.05) is 46.3 Å². The van der Waals surface area contributed by atoms with Gasteiger partial charge >= 0.3 is 0 Å². The molecule has 0 aliphatic rings. The molecule has 0 atom stereocenters. The summed E-state index contributed by atoms with van der Waals surface area (Å²) in [4.78, 5) is 10.4. The van der Waals surface area contributed by atoms with E-state index in [1.54, 1.807) is 0 Å². The molecule has 1 nitrogen and oxygen atoms in total. The zero-order valence-corrected chi connectivity index (χ0v) is 9.83. The third kappa shape index (κ3) is 2.10. The summed E-state index contributed by atoms with van der Waals surface area (Å²) < 4.78 is 1.09. The van der Waals surface area contributed by atoms with E-state index < -0.39 is 0 Å². The molecule has 76 valence electrons. The largest absolute Gasteiger partial charge is 0.303 e. The van der Waals surface area contributed by atoms with Gasteiger partial charge in [-0.3, -0.25) is 0 Å². The van der Waals surface area contributed by atoms with Crippen molar-refractivity contribution in [2.45, 2.75) is 12.8 Å². The van der Waals surface area contributed by atoms with Crippen molar-refractivity contribution in [2.24, 2.45) is 0 Å². The molecule has 0 saturated heterocycles. The lowest BCUT2D eigenvalue weighted by atomic mass is 10.0. The number of aldehydes is 1. The summed E-state index contributed by atoms with van der Waals surface area (Å²) in [7, 11) is 0. The number of hydrogen-bond acceptors (Lipinski definition) is 1. The monoisotopic (exact) mass is 262 g/mol. The Labute approximate surface area is 97.2 Å². The number of rotatable bonds is 3. The predicted octanol–water partition coefficient (Wildman–Crippen LogP) is 3.73. The van der Waals surface area contributed by atoms with Crippen LogP contribution in [0.15, 0.2) is 40.9 Å². The van der Waals surface area contributed by atoms with Gasteiger partial charge in [-0.25, -0.2) is 0 Å². The van der Waals surface area contributed by atoms with Gasteiger partial charge in [0.25, 0.3) is 0 Å². The molecule has 0 fully saturated rings. The Morgan fingerprint density at radius 1 is 1.13 bits per heavy atom. The summed E-state index contributed by atoms with van der Waals surface area (Å²) in [6, 6.07) is 12.4. The van der Waals surface area contributed by atoms with Crippen molar-refractivity contribution in [3.8, 4) is 0 Å². The summed E-state index contributed by atoms with van der Waals surface area (Å²) in [5.41, 5.74) is 1.22. The highest BCUT2D eigenvalue weighted by Crippen LogP contribution is 2.27. The second-order valence-corrected chi connectivity index (χ2v) is 4.31. The number of carbonyl (C=O) groups excluding carboxylic acids is 1. The number of aryl methyl sites for hydroxylation is 1. The third-order valence-corrected chi connectivity index (χ3v) is 3.24. The van der Waals surface area contributed by atoms with Gasteiger partial charge in [-0.05, 0) is 28.8 Å². The molecule has 0 aliphatic carbocycles. The van der Waals surface area contributed by atoms with Gasteiger partial charge in [-0.2, -0.15) is 0 Å². The van der Waals surface area contributed by atoms with E-state index in [1.807, 2.05) is 18.2 Å². The molecule has 2 heteroatoms. The molecule has 0 spiro atoms. The molecule has 15 heavy (non-hydrogen) atoms. The highest BCUT2D eigenvalue weighted by atomic mass is 79.9. The molecule has 0 N–H and O–H groups in total. The number of carbonyl (C=O) groups is 1. The summed E-state index contributed by atoms with van der Waals surface area (Å²) in [5, 5.41) is 2.45. The molecule has 0 aliphatic heterocycles. The Balaban J connectivity index is 2.57. The first kappa shape index (κ1) is 10.4. The molecule has 0 heterocycles. The van der Waals surface area contributed by atoms with Crippen LogP contribution in [0, 0.1) is 0 Å². The third-order valence-electron chi connectivity index (χ3n) is 2.50. The SMILES string of the molecule is O=CCCc1c(Br)ccc2ccccc12.